The lowest BCUT2D eigenvalue weighted by atomic mass is 10.2. The number of carbonyl (C=O) groups excluding carboxylic acids is 1. The maximum atomic E-state index is 11.5. The van der Waals surface area contributed by atoms with Gasteiger partial charge in [0.1, 0.15) is 5.75 Å². The molecule has 0 saturated carbocycles. The molecule has 1 amide bonds. The van der Waals surface area contributed by atoms with Crippen LogP contribution in [0.2, 0.25) is 0 Å². The minimum atomic E-state index is -0.118. The van der Waals surface area contributed by atoms with Crippen molar-refractivity contribution in [2.24, 2.45) is 0 Å². The normalized spacial score (nSPS) is 9.93. The number of aromatic hydroxyl groups is 1. The van der Waals surface area contributed by atoms with Crippen LogP contribution in [-0.4, -0.2) is 30.6 Å². The number of nitrogens with one attached hydrogen (secondary N) is 2. The van der Waals surface area contributed by atoms with Gasteiger partial charge in [-0.15, -0.1) is 0 Å². The Morgan fingerprint density at radius 3 is 2.53 bits per heavy atom. The molecule has 0 radical (unpaired) electrons. The van der Waals surface area contributed by atoms with Crippen LogP contribution in [0.5, 0.6) is 5.75 Å². The molecule has 0 saturated heterocycles. The molecule has 0 aromatic heterocycles. The van der Waals surface area contributed by atoms with E-state index in [1.807, 2.05) is 6.92 Å². The van der Waals surface area contributed by atoms with Gasteiger partial charge in [0.25, 0.3) is 5.91 Å². The van der Waals surface area contributed by atoms with Crippen LogP contribution in [0, 0.1) is 0 Å². The summed E-state index contributed by atoms with van der Waals surface area (Å²) >= 11 is 0. The monoisotopic (exact) mass is 208 g/mol. The molecule has 3 N–H and O–H groups in total. The Morgan fingerprint density at radius 2 is 1.93 bits per heavy atom. The number of hydrogen-bond donors (Lipinski definition) is 3. The van der Waals surface area contributed by atoms with Crippen molar-refractivity contribution in [3.8, 4) is 5.75 Å². The zero-order valence-electron chi connectivity index (χ0n) is 8.79. The molecule has 0 aliphatic rings. The van der Waals surface area contributed by atoms with Crippen molar-refractivity contribution in [2.75, 3.05) is 19.6 Å². The van der Waals surface area contributed by atoms with Crippen molar-refractivity contribution in [3.05, 3.63) is 29.8 Å². The summed E-state index contributed by atoms with van der Waals surface area (Å²) in [6.45, 7) is 4.28. The van der Waals surface area contributed by atoms with Crippen molar-refractivity contribution < 1.29 is 9.90 Å². The van der Waals surface area contributed by atoms with Crippen LogP contribution >= 0.6 is 0 Å². The minimum Gasteiger partial charge on any atom is -0.508 e. The smallest absolute Gasteiger partial charge is 0.251 e. The third kappa shape index (κ3) is 3.99. The molecule has 0 spiro atoms. The van der Waals surface area contributed by atoms with Crippen LogP contribution in [0.15, 0.2) is 24.3 Å². The molecule has 82 valence electrons. The van der Waals surface area contributed by atoms with Crippen LogP contribution in [-0.2, 0) is 0 Å². The highest BCUT2D eigenvalue weighted by Crippen LogP contribution is 2.08. The molecule has 0 fully saturated rings. The van der Waals surface area contributed by atoms with Crippen molar-refractivity contribution in [3.63, 3.8) is 0 Å². The molecular formula is C11H16N2O2. The second-order valence-electron chi connectivity index (χ2n) is 3.16. The molecule has 0 heterocycles. The number of rotatable bonds is 5. The number of benzene rings is 1. The van der Waals surface area contributed by atoms with Gasteiger partial charge in [-0.2, -0.15) is 0 Å². The summed E-state index contributed by atoms with van der Waals surface area (Å²) in [6.07, 6.45) is 0. The van der Waals surface area contributed by atoms with Crippen molar-refractivity contribution in [2.45, 2.75) is 6.92 Å². The summed E-state index contributed by atoms with van der Waals surface area (Å²) in [7, 11) is 0. The van der Waals surface area contributed by atoms with Gasteiger partial charge in [-0.05, 0) is 30.8 Å². The molecule has 15 heavy (non-hydrogen) atoms. The summed E-state index contributed by atoms with van der Waals surface area (Å²) in [5.74, 6) is 0.0482. The van der Waals surface area contributed by atoms with E-state index in [-0.39, 0.29) is 11.7 Å². The van der Waals surface area contributed by atoms with E-state index in [1.54, 1.807) is 12.1 Å². The topological polar surface area (TPSA) is 61.4 Å². The third-order valence-corrected chi connectivity index (χ3v) is 1.97. The lowest BCUT2D eigenvalue weighted by Crippen LogP contribution is -2.31. The van der Waals surface area contributed by atoms with E-state index in [9.17, 15) is 4.79 Å². The fourth-order valence-electron chi connectivity index (χ4n) is 1.16. The van der Waals surface area contributed by atoms with Crippen LogP contribution in [0.4, 0.5) is 0 Å². The molecule has 4 nitrogen and oxygen atoms in total. The van der Waals surface area contributed by atoms with Gasteiger partial charge in [0.2, 0.25) is 0 Å². The maximum Gasteiger partial charge on any atom is 0.251 e. The van der Waals surface area contributed by atoms with Gasteiger partial charge in [-0.25, -0.2) is 0 Å². The van der Waals surface area contributed by atoms with E-state index in [1.165, 1.54) is 12.1 Å². The predicted molar refractivity (Wildman–Crippen MR) is 59.0 cm³/mol. The molecule has 4 heteroatoms. The highest BCUT2D eigenvalue weighted by Gasteiger charge is 2.03. The van der Waals surface area contributed by atoms with Gasteiger partial charge in [-0.1, -0.05) is 6.92 Å². The molecule has 0 bridgehead atoms. The summed E-state index contributed by atoms with van der Waals surface area (Å²) in [5.41, 5.74) is 0.560. The molecule has 0 unspecified atom stereocenters. The first-order valence-electron chi connectivity index (χ1n) is 5.02. The lowest BCUT2D eigenvalue weighted by Gasteiger charge is -2.05. The molecule has 0 atom stereocenters. The predicted octanol–water partition coefficient (Wildman–Crippen LogP) is 0.731. The lowest BCUT2D eigenvalue weighted by molar-refractivity contribution is 0.0954. The zero-order chi connectivity index (χ0) is 11.1. The average molecular weight is 208 g/mol. The van der Waals surface area contributed by atoms with E-state index in [0.29, 0.717) is 12.1 Å². The van der Waals surface area contributed by atoms with Crippen LogP contribution < -0.4 is 10.6 Å². The first-order valence-corrected chi connectivity index (χ1v) is 5.02. The molecular weight excluding hydrogens is 192 g/mol. The molecule has 1 aromatic carbocycles. The first kappa shape index (κ1) is 11.5. The Morgan fingerprint density at radius 1 is 1.27 bits per heavy atom. The van der Waals surface area contributed by atoms with E-state index in [4.69, 9.17) is 5.11 Å². The Labute approximate surface area is 89.3 Å². The number of phenolic OH excluding ortho intramolecular Hbond substituents is 1. The third-order valence-electron chi connectivity index (χ3n) is 1.97. The minimum absolute atomic E-state index is 0.118. The van der Waals surface area contributed by atoms with Crippen LogP contribution in [0.1, 0.15) is 17.3 Å². The number of carbonyl (C=O) groups is 1. The zero-order valence-corrected chi connectivity index (χ0v) is 8.79. The number of phenols is 1. The van der Waals surface area contributed by atoms with Gasteiger partial charge in [0.05, 0.1) is 0 Å². The number of amides is 1. The van der Waals surface area contributed by atoms with Crippen molar-refractivity contribution in [1.82, 2.24) is 10.6 Å². The van der Waals surface area contributed by atoms with Crippen molar-refractivity contribution in [1.29, 1.82) is 0 Å². The number of hydrogen-bond acceptors (Lipinski definition) is 3. The Hall–Kier alpha value is -1.55. The van der Waals surface area contributed by atoms with Gasteiger partial charge in [0.15, 0.2) is 0 Å². The molecule has 0 aliphatic heterocycles. The Bertz CT molecular complexity index is 309. The molecule has 1 aromatic rings. The van der Waals surface area contributed by atoms with Crippen LogP contribution in [0.25, 0.3) is 0 Å². The summed E-state index contributed by atoms with van der Waals surface area (Å²) in [5, 5.41) is 14.9. The van der Waals surface area contributed by atoms with E-state index < -0.39 is 0 Å². The van der Waals surface area contributed by atoms with Crippen LogP contribution in [0.3, 0.4) is 0 Å². The van der Waals surface area contributed by atoms with E-state index in [0.717, 1.165) is 13.1 Å². The van der Waals surface area contributed by atoms with Gasteiger partial charge >= 0.3 is 0 Å². The van der Waals surface area contributed by atoms with E-state index >= 15 is 0 Å². The van der Waals surface area contributed by atoms with Gasteiger partial charge < -0.3 is 15.7 Å². The Kier molecular flexibility index (Phi) is 4.63. The molecule has 0 aliphatic carbocycles. The fraction of sp³-hybridized carbons (Fsp3) is 0.364. The second kappa shape index (κ2) is 6.03. The highest BCUT2D eigenvalue weighted by molar-refractivity contribution is 5.94. The summed E-state index contributed by atoms with van der Waals surface area (Å²) < 4.78 is 0. The summed E-state index contributed by atoms with van der Waals surface area (Å²) in [4.78, 5) is 11.5. The SMILES string of the molecule is CCNCCNC(=O)c1ccc(O)cc1. The second-order valence-corrected chi connectivity index (χ2v) is 3.16. The fourth-order valence-corrected chi connectivity index (χ4v) is 1.16. The Balaban J connectivity index is 2.37. The molecule has 1 rings (SSSR count). The summed E-state index contributed by atoms with van der Waals surface area (Å²) in [6, 6.07) is 6.19. The number of likely N-dealkylation sites (N-methyl/N-ethyl adjacent to an activating group) is 1. The maximum absolute atomic E-state index is 11.5. The van der Waals surface area contributed by atoms with Gasteiger partial charge in [0, 0.05) is 18.7 Å². The quantitative estimate of drug-likeness (QED) is 0.625. The average Bonchev–Trinajstić information content (AvgIpc) is 2.25. The standard InChI is InChI=1S/C11H16N2O2/c1-2-12-7-8-13-11(15)9-3-5-10(14)6-4-9/h3-6,12,14H,2,7-8H2,1H3,(H,13,15). The van der Waals surface area contributed by atoms with Crippen molar-refractivity contribution >= 4 is 5.91 Å². The first-order chi connectivity index (χ1) is 7.24. The highest BCUT2D eigenvalue weighted by atomic mass is 16.3. The van der Waals surface area contributed by atoms with Gasteiger partial charge in [-0.3, -0.25) is 4.79 Å². The largest absolute Gasteiger partial charge is 0.508 e. The van der Waals surface area contributed by atoms with E-state index in [2.05, 4.69) is 10.6 Å².